The third-order valence-corrected chi connectivity index (χ3v) is 5.17. The lowest BCUT2D eigenvalue weighted by Gasteiger charge is -2.14. The molecule has 1 aliphatic rings. The minimum atomic E-state index is -4.60. The lowest BCUT2D eigenvalue weighted by Crippen LogP contribution is -2.18. The summed E-state index contributed by atoms with van der Waals surface area (Å²) in [5.41, 5.74) is 0. The molecule has 0 amide bonds. The molecule has 0 saturated carbocycles. The van der Waals surface area contributed by atoms with Gasteiger partial charge in [0, 0.05) is 10.9 Å². The van der Waals surface area contributed by atoms with Crippen molar-refractivity contribution < 1.29 is 17.9 Å². The Hall–Kier alpha value is -0.840. The molecule has 17 heavy (non-hydrogen) atoms. The van der Waals surface area contributed by atoms with Crippen LogP contribution in [0.25, 0.3) is 0 Å². The fraction of sp³-hybridized carbons (Fsp3) is 0.500. The van der Waals surface area contributed by atoms with E-state index in [0.29, 0.717) is 0 Å². The van der Waals surface area contributed by atoms with Gasteiger partial charge in [-0.15, -0.1) is 13.2 Å². The SMILES string of the molecule is FC(F)(F)Oc1ccc([S+]2CCCCC2)cc1. The van der Waals surface area contributed by atoms with Crippen molar-refractivity contribution in [1.82, 2.24) is 0 Å². The Balaban J connectivity index is 2.02. The number of hydrogen-bond donors (Lipinski definition) is 0. The molecule has 1 aromatic carbocycles. The maximum Gasteiger partial charge on any atom is 0.573 e. The van der Waals surface area contributed by atoms with Crippen LogP contribution in [0.5, 0.6) is 5.75 Å². The summed E-state index contributed by atoms with van der Waals surface area (Å²) in [4.78, 5) is 1.15. The molecule has 0 bridgehead atoms. The van der Waals surface area contributed by atoms with Crippen LogP contribution >= 0.6 is 0 Å². The van der Waals surface area contributed by atoms with Crippen LogP contribution in [0.15, 0.2) is 29.2 Å². The number of alkyl halides is 3. The summed E-state index contributed by atoms with van der Waals surface area (Å²) < 4.78 is 39.8. The molecule has 1 nitrogen and oxygen atoms in total. The van der Waals surface area contributed by atoms with Crippen LogP contribution < -0.4 is 4.74 Å². The van der Waals surface area contributed by atoms with Crippen LogP contribution in [0.3, 0.4) is 0 Å². The van der Waals surface area contributed by atoms with E-state index in [9.17, 15) is 13.2 Å². The van der Waals surface area contributed by atoms with Crippen molar-refractivity contribution in [1.29, 1.82) is 0 Å². The molecule has 1 saturated heterocycles. The molecule has 0 spiro atoms. The molecule has 0 radical (unpaired) electrons. The average molecular weight is 263 g/mol. The summed E-state index contributed by atoms with van der Waals surface area (Å²) >= 11 is 0. The first-order chi connectivity index (χ1) is 8.04. The summed E-state index contributed by atoms with van der Waals surface area (Å²) in [6.07, 6.45) is -0.874. The maximum atomic E-state index is 12.0. The normalized spacial score (nSPS) is 18.1. The first kappa shape index (κ1) is 12.6. The molecule has 1 aliphatic heterocycles. The van der Waals surface area contributed by atoms with E-state index in [1.165, 1.54) is 42.9 Å². The number of rotatable bonds is 2. The van der Waals surface area contributed by atoms with Gasteiger partial charge in [0.15, 0.2) is 4.90 Å². The zero-order valence-electron chi connectivity index (χ0n) is 9.30. The fourth-order valence-corrected chi connectivity index (χ4v) is 4.20. The Morgan fingerprint density at radius 2 is 1.53 bits per heavy atom. The van der Waals surface area contributed by atoms with Crippen molar-refractivity contribution in [3.63, 3.8) is 0 Å². The number of halogens is 3. The van der Waals surface area contributed by atoms with E-state index in [-0.39, 0.29) is 16.6 Å². The Morgan fingerprint density at radius 3 is 2.06 bits per heavy atom. The van der Waals surface area contributed by atoms with E-state index in [2.05, 4.69) is 4.74 Å². The molecule has 0 aliphatic carbocycles. The quantitative estimate of drug-likeness (QED) is 0.738. The first-order valence-corrected chi connectivity index (χ1v) is 7.14. The minimum Gasteiger partial charge on any atom is -0.406 e. The number of hydrogen-bond acceptors (Lipinski definition) is 1. The maximum absolute atomic E-state index is 12.0. The molecular formula is C12H14F3OS+. The lowest BCUT2D eigenvalue weighted by molar-refractivity contribution is -0.274. The van der Waals surface area contributed by atoms with E-state index in [4.69, 9.17) is 0 Å². The highest BCUT2D eigenvalue weighted by Crippen LogP contribution is 2.27. The minimum absolute atomic E-state index is 0.137. The Bertz CT molecular complexity index is 355. The van der Waals surface area contributed by atoms with Gasteiger partial charge in [-0.25, -0.2) is 0 Å². The van der Waals surface area contributed by atoms with E-state index >= 15 is 0 Å². The first-order valence-electron chi connectivity index (χ1n) is 5.58. The van der Waals surface area contributed by atoms with Gasteiger partial charge in [-0.1, -0.05) is 0 Å². The number of ether oxygens (including phenoxy) is 1. The number of benzene rings is 1. The average Bonchev–Trinajstić information content (AvgIpc) is 2.29. The second kappa shape index (κ2) is 5.21. The lowest BCUT2D eigenvalue weighted by atomic mass is 10.3. The highest BCUT2D eigenvalue weighted by Gasteiger charge is 2.31. The van der Waals surface area contributed by atoms with Crippen molar-refractivity contribution in [2.24, 2.45) is 0 Å². The van der Waals surface area contributed by atoms with Gasteiger partial charge in [-0.05, 0) is 43.5 Å². The van der Waals surface area contributed by atoms with Gasteiger partial charge >= 0.3 is 6.36 Å². The summed E-state index contributed by atoms with van der Waals surface area (Å²) in [7, 11) is 0.224. The molecule has 0 N–H and O–H groups in total. The topological polar surface area (TPSA) is 9.23 Å². The van der Waals surface area contributed by atoms with Crippen molar-refractivity contribution >= 4 is 10.9 Å². The van der Waals surface area contributed by atoms with Crippen LogP contribution in [-0.4, -0.2) is 17.9 Å². The fourth-order valence-electron chi connectivity index (χ4n) is 1.90. The molecule has 5 heteroatoms. The van der Waals surface area contributed by atoms with Gasteiger partial charge in [0.2, 0.25) is 0 Å². The molecule has 1 heterocycles. The predicted molar refractivity (Wildman–Crippen MR) is 62.3 cm³/mol. The van der Waals surface area contributed by atoms with Gasteiger partial charge in [-0.2, -0.15) is 0 Å². The zero-order chi connectivity index (χ0) is 12.3. The second-order valence-electron chi connectivity index (χ2n) is 3.98. The standard InChI is InChI=1S/C12H14F3OS/c13-12(14,15)16-10-4-6-11(7-5-10)17-8-2-1-3-9-17/h4-7H,1-3,8-9H2/q+1. The molecule has 0 unspecified atom stereocenters. The van der Waals surface area contributed by atoms with E-state index in [1.807, 2.05) is 0 Å². The van der Waals surface area contributed by atoms with Crippen molar-refractivity contribution in [3.8, 4) is 5.75 Å². The Labute approximate surface area is 101 Å². The monoisotopic (exact) mass is 263 g/mol. The third-order valence-electron chi connectivity index (χ3n) is 2.67. The van der Waals surface area contributed by atoms with Gasteiger partial charge in [0.1, 0.15) is 17.3 Å². The molecule has 1 aromatic rings. The summed E-state index contributed by atoms with van der Waals surface area (Å²) in [5, 5.41) is 0. The Kier molecular flexibility index (Phi) is 3.86. The molecule has 2 rings (SSSR count). The third kappa shape index (κ3) is 3.84. The van der Waals surface area contributed by atoms with E-state index < -0.39 is 6.36 Å². The van der Waals surface area contributed by atoms with Crippen LogP contribution in [0, 0.1) is 0 Å². The summed E-state index contributed by atoms with van der Waals surface area (Å²) in [6.45, 7) is 0. The molecule has 1 fully saturated rings. The molecule has 0 atom stereocenters. The Morgan fingerprint density at radius 1 is 0.941 bits per heavy atom. The van der Waals surface area contributed by atoms with Gasteiger partial charge in [-0.3, -0.25) is 0 Å². The van der Waals surface area contributed by atoms with Crippen LogP contribution in [0.2, 0.25) is 0 Å². The molecular weight excluding hydrogens is 249 g/mol. The smallest absolute Gasteiger partial charge is 0.406 e. The van der Waals surface area contributed by atoms with Crippen molar-refractivity contribution in [3.05, 3.63) is 24.3 Å². The zero-order valence-corrected chi connectivity index (χ0v) is 10.1. The summed E-state index contributed by atoms with van der Waals surface area (Å²) in [6, 6.07) is 6.33. The van der Waals surface area contributed by atoms with Gasteiger partial charge < -0.3 is 4.74 Å². The highest BCUT2D eigenvalue weighted by molar-refractivity contribution is 7.96. The van der Waals surface area contributed by atoms with E-state index in [1.54, 1.807) is 12.1 Å². The van der Waals surface area contributed by atoms with Crippen LogP contribution in [-0.2, 0) is 10.9 Å². The molecule has 94 valence electrons. The van der Waals surface area contributed by atoms with Gasteiger partial charge in [0.05, 0.1) is 0 Å². The van der Waals surface area contributed by atoms with E-state index in [0.717, 1.165) is 4.90 Å². The molecule has 0 aromatic heterocycles. The largest absolute Gasteiger partial charge is 0.573 e. The highest BCUT2D eigenvalue weighted by atomic mass is 32.2. The van der Waals surface area contributed by atoms with Crippen molar-refractivity contribution in [2.45, 2.75) is 30.5 Å². The summed E-state index contributed by atoms with van der Waals surface area (Å²) in [5.74, 6) is 2.20. The van der Waals surface area contributed by atoms with Crippen LogP contribution in [0.1, 0.15) is 19.3 Å². The van der Waals surface area contributed by atoms with Crippen molar-refractivity contribution in [2.75, 3.05) is 11.5 Å². The predicted octanol–water partition coefficient (Wildman–Crippen LogP) is 3.75. The van der Waals surface area contributed by atoms with Gasteiger partial charge in [0.25, 0.3) is 0 Å². The van der Waals surface area contributed by atoms with Crippen LogP contribution in [0.4, 0.5) is 13.2 Å². The second-order valence-corrected chi connectivity index (χ2v) is 6.25.